The molecule has 0 saturated carbocycles. The average Bonchev–Trinajstić information content (AvgIpc) is 2.76. The summed E-state index contributed by atoms with van der Waals surface area (Å²) in [7, 11) is -1.89. The van der Waals surface area contributed by atoms with Crippen molar-refractivity contribution >= 4 is 10.0 Å². The second kappa shape index (κ2) is 4.79. The van der Waals surface area contributed by atoms with Crippen LogP contribution < -0.4 is 4.72 Å². The summed E-state index contributed by atoms with van der Waals surface area (Å²) in [5, 5.41) is 12.9. The molecule has 96 valence electrons. The van der Waals surface area contributed by atoms with Crippen LogP contribution in [0.25, 0.3) is 0 Å². The van der Waals surface area contributed by atoms with Crippen LogP contribution in [0.2, 0.25) is 0 Å². The van der Waals surface area contributed by atoms with E-state index in [4.69, 9.17) is 5.11 Å². The Bertz CT molecular complexity index is 632. The van der Waals surface area contributed by atoms with Crippen molar-refractivity contribution in [3.05, 3.63) is 42.2 Å². The lowest BCUT2D eigenvalue weighted by Crippen LogP contribution is -2.22. The lowest BCUT2D eigenvalue weighted by atomic mass is 10.2. The molecule has 1 aromatic carbocycles. The quantitative estimate of drug-likeness (QED) is 0.849. The molecule has 0 aliphatic carbocycles. The van der Waals surface area contributed by atoms with E-state index in [0.717, 1.165) is 5.56 Å². The van der Waals surface area contributed by atoms with E-state index in [2.05, 4.69) is 9.82 Å². The Morgan fingerprint density at radius 2 is 2.00 bits per heavy atom. The minimum atomic E-state index is -3.54. The molecule has 1 aromatic heterocycles. The number of phenols is 1. The van der Waals surface area contributed by atoms with Gasteiger partial charge in [-0.15, -0.1) is 0 Å². The van der Waals surface area contributed by atoms with Crippen molar-refractivity contribution in [2.45, 2.75) is 11.4 Å². The van der Waals surface area contributed by atoms with Crippen molar-refractivity contribution in [1.29, 1.82) is 0 Å². The molecule has 18 heavy (non-hydrogen) atoms. The van der Waals surface area contributed by atoms with Gasteiger partial charge in [0.25, 0.3) is 0 Å². The predicted molar refractivity (Wildman–Crippen MR) is 65.3 cm³/mol. The SMILES string of the molecule is Cn1cc(S(=O)(=O)NCc2ccc(O)cc2)cn1. The Balaban J connectivity index is 2.08. The lowest BCUT2D eigenvalue weighted by Gasteiger charge is -2.04. The number of hydrogen-bond donors (Lipinski definition) is 2. The molecule has 0 spiro atoms. The maximum absolute atomic E-state index is 11.9. The highest BCUT2D eigenvalue weighted by Crippen LogP contribution is 2.11. The average molecular weight is 267 g/mol. The molecule has 0 aliphatic heterocycles. The normalized spacial score (nSPS) is 11.6. The molecule has 2 rings (SSSR count). The molecule has 0 radical (unpaired) electrons. The van der Waals surface area contributed by atoms with Crippen LogP contribution >= 0.6 is 0 Å². The van der Waals surface area contributed by atoms with Gasteiger partial charge in [-0.05, 0) is 17.7 Å². The number of sulfonamides is 1. The first-order chi connectivity index (χ1) is 8.47. The van der Waals surface area contributed by atoms with Gasteiger partial charge in [-0.25, -0.2) is 13.1 Å². The lowest BCUT2D eigenvalue weighted by molar-refractivity contribution is 0.475. The molecule has 0 aliphatic rings. The molecule has 0 amide bonds. The molecular formula is C11H13N3O3S. The van der Waals surface area contributed by atoms with Gasteiger partial charge in [0.05, 0.1) is 6.20 Å². The number of nitrogens with zero attached hydrogens (tertiary/aromatic N) is 2. The van der Waals surface area contributed by atoms with Crippen LogP contribution in [0.3, 0.4) is 0 Å². The summed E-state index contributed by atoms with van der Waals surface area (Å²) < 4.78 is 27.6. The smallest absolute Gasteiger partial charge is 0.243 e. The van der Waals surface area contributed by atoms with Crippen LogP contribution in [0.15, 0.2) is 41.6 Å². The summed E-state index contributed by atoms with van der Waals surface area (Å²) in [5.41, 5.74) is 0.764. The number of phenolic OH excluding ortho intramolecular Hbond substituents is 1. The summed E-state index contributed by atoms with van der Waals surface area (Å²) in [6.45, 7) is 0.164. The highest BCUT2D eigenvalue weighted by atomic mass is 32.2. The fourth-order valence-corrected chi connectivity index (χ4v) is 2.41. The van der Waals surface area contributed by atoms with Gasteiger partial charge in [-0.1, -0.05) is 12.1 Å². The molecule has 0 bridgehead atoms. The third-order valence-corrected chi connectivity index (χ3v) is 3.75. The second-order valence-corrected chi connectivity index (χ2v) is 5.61. The van der Waals surface area contributed by atoms with Crippen LogP contribution in [0, 0.1) is 0 Å². The third-order valence-electron chi connectivity index (χ3n) is 2.39. The Labute approximate surface area is 105 Å². The standard InChI is InChI=1S/C11H13N3O3S/c1-14-8-11(7-12-14)18(16,17)13-6-9-2-4-10(15)5-3-9/h2-5,7-8,13,15H,6H2,1H3. The van der Waals surface area contributed by atoms with Gasteiger partial charge in [-0.2, -0.15) is 5.10 Å². The zero-order chi connectivity index (χ0) is 13.2. The van der Waals surface area contributed by atoms with E-state index in [-0.39, 0.29) is 17.2 Å². The van der Waals surface area contributed by atoms with Crippen molar-refractivity contribution in [1.82, 2.24) is 14.5 Å². The topological polar surface area (TPSA) is 84.2 Å². The second-order valence-electron chi connectivity index (χ2n) is 3.84. The molecule has 1 heterocycles. The molecular weight excluding hydrogens is 254 g/mol. The number of hydrogen-bond acceptors (Lipinski definition) is 4. The first kappa shape index (κ1) is 12.6. The van der Waals surface area contributed by atoms with Gasteiger partial charge >= 0.3 is 0 Å². The summed E-state index contributed by atoms with van der Waals surface area (Å²) in [4.78, 5) is 0.128. The van der Waals surface area contributed by atoms with Crippen molar-refractivity contribution < 1.29 is 13.5 Å². The van der Waals surface area contributed by atoms with Crippen LogP contribution in [-0.2, 0) is 23.6 Å². The number of benzene rings is 1. The van der Waals surface area contributed by atoms with Gasteiger partial charge in [0.15, 0.2) is 0 Å². The van der Waals surface area contributed by atoms with Gasteiger partial charge in [0.2, 0.25) is 10.0 Å². The molecule has 2 N–H and O–H groups in total. The summed E-state index contributed by atoms with van der Waals surface area (Å²) in [6.07, 6.45) is 2.72. The van der Waals surface area contributed by atoms with E-state index in [1.807, 2.05) is 0 Å². The van der Waals surface area contributed by atoms with E-state index in [0.29, 0.717) is 0 Å². The fraction of sp³-hybridized carbons (Fsp3) is 0.182. The summed E-state index contributed by atoms with van der Waals surface area (Å²) in [6, 6.07) is 6.32. The zero-order valence-corrected chi connectivity index (χ0v) is 10.6. The predicted octanol–water partition coefficient (Wildman–Crippen LogP) is 0.604. The van der Waals surface area contributed by atoms with Crippen molar-refractivity contribution in [2.24, 2.45) is 7.05 Å². The maximum Gasteiger partial charge on any atom is 0.243 e. The van der Waals surface area contributed by atoms with E-state index >= 15 is 0 Å². The van der Waals surface area contributed by atoms with E-state index in [1.54, 1.807) is 19.2 Å². The first-order valence-corrected chi connectivity index (χ1v) is 6.72. The number of aromatic hydroxyl groups is 1. The third kappa shape index (κ3) is 2.88. The Kier molecular flexibility index (Phi) is 3.35. The van der Waals surface area contributed by atoms with E-state index in [1.165, 1.54) is 29.2 Å². The number of rotatable bonds is 4. The van der Waals surface area contributed by atoms with E-state index < -0.39 is 10.0 Å². The zero-order valence-electron chi connectivity index (χ0n) is 9.74. The minimum Gasteiger partial charge on any atom is -0.508 e. The van der Waals surface area contributed by atoms with Gasteiger partial charge in [0.1, 0.15) is 10.6 Å². The van der Waals surface area contributed by atoms with Crippen molar-refractivity contribution in [3.63, 3.8) is 0 Å². The number of aromatic nitrogens is 2. The molecule has 0 saturated heterocycles. The monoisotopic (exact) mass is 267 g/mol. The van der Waals surface area contributed by atoms with E-state index in [9.17, 15) is 8.42 Å². The molecule has 0 unspecified atom stereocenters. The Morgan fingerprint density at radius 3 is 2.56 bits per heavy atom. The van der Waals surface area contributed by atoms with Crippen molar-refractivity contribution in [3.8, 4) is 5.75 Å². The van der Waals surface area contributed by atoms with Gasteiger partial charge < -0.3 is 5.11 Å². The number of aryl methyl sites for hydroxylation is 1. The highest BCUT2D eigenvalue weighted by molar-refractivity contribution is 7.89. The maximum atomic E-state index is 11.9. The van der Waals surface area contributed by atoms with Gasteiger partial charge in [-0.3, -0.25) is 4.68 Å². The highest BCUT2D eigenvalue weighted by Gasteiger charge is 2.15. The van der Waals surface area contributed by atoms with Crippen LogP contribution in [0.4, 0.5) is 0 Å². The van der Waals surface area contributed by atoms with Crippen LogP contribution in [-0.4, -0.2) is 23.3 Å². The fourth-order valence-electron chi connectivity index (χ4n) is 1.41. The summed E-state index contributed by atoms with van der Waals surface area (Å²) in [5.74, 6) is 0.147. The molecule has 0 fully saturated rings. The van der Waals surface area contributed by atoms with Crippen molar-refractivity contribution in [2.75, 3.05) is 0 Å². The van der Waals surface area contributed by atoms with Crippen LogP contribution in [0.5, 0.6) is 5.75 Å². The first-order valence-electron chi connectivity index (χ1n) is 5.23. The Morgan fingerprint density at radius 1 is 1.33 bits per heavy atom. The molecule has 2 aromatic rings. The largest absolute Gasteiger partial charge is 0.508 e. The number of nitrogens with one attached hydrogen (secondary N) is 1. The molecule has 6 nitrogen and oxygen atoms in total. The van der Waals surface area contributed by atoms with Crippen LogP contribution in [0.1, 0.15) is 5.56 Å². The minimum absolute atomic E-state index is 0.128. The summed E-state index contributed by atoms with van der Waals surface area (Å²) >= 11 is 0. The molecule has 0 atom stereocenters. The molecule has 7 heteroatoms. The van der Waals surface area contributed by atoms with Gasteiger partial charge in [0, 0.05) is 19.8 Å². The Hall–Kier alpha value is -1.86.